The number of fused-ring (bicyclic) bond motifs is 1. The number of rotatable bonds is 7. The van der Waals surface area contributed by atoms with Gasteiger partial charge in [0.1, 0.15) is 23.3 Å². The van der Waals surface area contributed by atoms with Crippen LogP contribution in [0.3, 0.4) is 0 Å². The zero-order valence-electron chi connectivity index (χ0n) is 16.5. The molecule has 2 heterocycles. The van der Waals surface area contributed by atoms with Crippen molar-refractivity contribution >= 4 is 44.0 Å². The zero-order valence-corrected chi connectivity index (χ0v) is 18.1. The van der Waals surface area contributed by atoms with Crippen molar-refractivity contribution in [2.45, 2.75) is 11.4 Å². The number of aromatic nitrogens is 3. The maximum Gasteiger partial charge on any atom is 0.175 e. The molecule has 10 heteroatoms. The van der Waals surface area contributed by atoms with Gasteiger partial charge in [-0.05, 0) is 42.5 Å². The molecule has 0 atom stereocenters. The molecule has 4 rings (SSSR count). The topological polar surface area (TPSA) is 106 Å². The van der Waals surface area contributed by atoms with Crippen molar-refractivity contribution < 1.29 is 18.3 Å². The van der Waals surface area contributed by atoms with Crippen LogP contribution in [0, 0.1) is 0 Å². The molecular formula is C21H19ClN4O4S. The molecule has 0 bridgehead atoms. The largest absolute Gasteiger partial charge is 0.456 e. The molecule has 4 aromatic rings. The van der Waals surface area contributed by atoms with Crippen molar-refractivity contribution in [3.05, 3.63) is 66.1 Å². The summed E-state index contributed by atoms with van der Waals surface area (Å²) in [6.45, 7) is 0.419. The normalized spacial score (nSPS) is 11.6. The van der Waals surface area contributed by atoms with Gasteiger partial charge in [-0.2, -0.15) is 0 Å². The number of aliphatic hydroxyl groups is 1. The second kappa shape index (κ2) is 8.54. The first-order valence-electron chi connectivity index (χ1n) is 9.30. The van der Waals surface area contributed by atoms with E-state index in [0.717, 1.165) is 17.3 Å². The number of anilines is 2. The Labute approximate surface area is 184 Å². The van der Waals surface area contributed by atoms with E-state index in [0.29, 0.717) is 34.6 Å². The van der Waals surface area contributed by atoms with Crippen LogP contribution in [-0.4, -0.2) is 40.9 Å². The van der Waals surface area contributed by atoms with E-state index in [-0.39, 0.29) is 11.5 Å². The van der Waals surface area contributed by atoms with Crippen molar-refractivity contribution in [1.29, 1.82) is 0 Å². The number of ether oxygens (including phenoxy) is 1. The van der Waals surface area contributed by atoms with Crippen molar-refractivity contribution in [2.24, 2.45) is 0 Å². The molecule has 0 fully saturated rings. The van der Waals surface area contributed by atoms with Crippen LogP contribution in [0.1, 0.15) is 0 Å². The lowest BCUT2D eigenvalue weighted by molar-refractivity contribution is 0.278. The van der Waals surface area contributed by atoms with Crippen LogP contribution >= 0.6 is 11.6 Å². The van der Waals surface area contributed by atoms with Gasteiger partial charge < -0.3 is 19.7 Å². The molecule has 0 amide bonds. The summed E-state index contributed by atoms with van der Waals surface area (Å²) < 4.78 is 31.1. The molecule has 0 aliphatic rings. The van der Waals surface area contributed by atoms with Crippen LogP contribution in [-0.2, 0) is 16.4 Å². The third kappa shape index (κ3) is 4.63. The molecule has 0 unspecified atom stereocenters. The van der Waals surface area contributed by atoms with Crippen LogP contribution in [0.2, 0.25) is 5.02 Å². The van der Waals surface area contributed by atoms with Gasteiger partial charge in [0, 0.05) is 24.7 Å². The lowest BCUT2D eigenvalue weighted by Gasteiger charge is -2.12. The minimum absolute atomic E-state index is 0.00346. The molecule has 0 aliphatic heterocycles. The average Bonchev–Trinajstić information content (AvgIpc) is 3.14. The first-order chi connectivity index (χ1) is 14.8. The Morgan fingerprint density at radius 2 is 2.00 bits per heavy atom. The number of hydrogen-bond donors (Lipinski definition) is 2. The summed E-state index contributed by atoms with van der Waals surface area (Å²) in [4.78, 5) is 8.73. The summed E-state index contributed by atoms with van der Waals surface area (Å²) in [6, 6.07) is 13.2. The molecule has 2 N–H and O–H groups in total. The highest BCUT2D eigenvalue weighted by Crippen LogP contribution is 2.34. The quantitative estimate of drug-likeness (QED) is 0.430. The number of nitrogens with one attached hydrogen (secondary N) is 1. The Balaban J connectivity index is 1.59. The monoisotopic (exact) mass is 458 g/mol. The highest BCUT2D eigenvalue weighted by Gasteiger charge is 2.12. The predicted molar refractivity (Wildman–Crippen MR) is 119 cm³/mol. The second-order valence-corrected chi connectivity index (χ2v) is 9.23. The third-order valence-corrected chi connectivity index (χ3v) is 5.95. The third-order valence-electron chi connectivity index (χ3n) is 4.55. The zero-order chi connectivity index (χ0) is 22.0. The molecular weight excluding hydrogens is 440 g/mol. The van der Waals surface area contributed by atoms with E-state index in [1.807, 2.05) is 16.8 Å². The van der Waals surface area contributed by atoms with Gasteiger partial charge in [0.25, 0.3) is 0 Å². The van der Waals surface area contributed by atoms with E-state index in [1.165, 1.54) is 18.5 Å². The molecule has 8 nitrogen and oxygen atoms in total. The lowest BCUT2D eigenvalue weighted by Crippen LogP contribution is -2.04. The van der Waals surface area contributed by atoms with Gasteiger partial charge in [0.05, 0.1) is 22.0 Å². The van der Waals surface area contributed by atoms with E-state index in [2.05, 4.69) is 15.3 Å². The molecule has 160 valence electrons. The smallest absolute Gasteiger partial charge is 0.175 e. The van der Waals surface area contributed by atoms with Crippen LogP contribution in [0.25, 0.3) is 11.0 Å². The molecule has 0 saturated heterocycles. The number of aliphatic hydroxyl groups excluding tert-OH is 1. The van der Waals surface area contributed by atoms with E-state index >= 15 is 0 Å². The van der Waals surface area contributed by atoms with Crippen molar-refractivity contribution in [3.63, 3.8) is 0 Å². The minimum atomic E-state index is -3.34. The fraction of sp³-hybridized carbons (Fsp3) is 0.143. The van der Waals surface area contributed by atoms with Crippen LogP contribution in [0.15, 0.2) is 66.0 Å². The van der Waals surface area contributed by atoms with E-state index in [9.17, 15) is 13.5 Å². The minimum Gasteiger partial charge on any atom is -0.456 e. The van der Waals surface area contributed by atoms with Crippen molar-refractivity contribution in [2.75, 3.05) is 18.2 Å². The lowest BCUT2D eigenvalue weighted by atomic mass is 10.3. The average molecular weight is 459 g/mol. The van der Waals surface area contributed by atoms with E-state index in [4.69, 9.17) is 16.3 Å². The summed E-state index contributed by atoms with van der Waals surface area (Å²) >= 11 is 6.40. The highest BCUT2D eigenvalue weighted by atomic mass is 35.5. The summed E-state index contributed by atoms with van der Waals surface area (Å²) in [5.41, 5.74) is 2.20. The number of hydrogen-bond acceptors (Lipinski definition) is 7. The van der Waals surface area contributed by atoms with Crippen molar-refractivity contribution in [3.8, 4) is 11.5 Å². The van der Waals surface area contributed by atoms with E-state index in [1.54, 1.807) is 30.3 Å². The fourth-order valence-corrected chi connectivity index (χ4v) is 3.99. The summed E-state index contributed by atoms with van der Waals surface area (Å²) in [7, 11) is -3.34. The predicted octanol–water partition coefficient (Wildman–Crippen LogP) is 4.02. The van der Waals surface area contributed by atoms with Crippen LogP contribution in [0.4, 0.5) is 11.5 Å². The molecule has 2 aromatic carbocycles. The highest BCUT2D eigenvalue weighted by molar-refractivity contribution is 7.90. The summed E-state index contributed by atoms with van der Waals surface area (Å²) in [5.74, 6) is 1.33. The van der Waals surface area contributed by atoms with Gasteiger partial charge in [0.15, 0.2) is 15.7 Å². The van der Waals surface area contributed by atoms with Crippen LogP contribution in [0.5, 0.6) is 11.5 Å². The van der Waals surface area contributed by atoms with Gasteiger partial charge in [0.2, 0.25) is 0 Å². The Morgan fingerprint density at radius 3 is 2.74 bits per heavy atom. The Morgan fingerprint density at radius 1 is 1.16 bits per heavy atom. The first kappa shape index (κ1) is 21.1. The number of benzene rings is 2. The van der Waals surface area contributed by atoms with Gasteiger partial charge in [-0.3, -0.25) is 0 Å². The molecule has 0 radical (unpaired) electrons. The summed E-state index contributed by atoms with van der Waals surface area (Å²) in [5, 5.41) is 12.8. The Kier molecular flexibility index (Phi) is 5.81. The molecule has 0 spiro atoms. The van der Waals surface area contributed by atoms with Gasteiger partial charge in [-0.1, -0.05) is 17.7 Å². The summed E-state index contributed by atoms with van der Waals surface area (Å²) in [6.07, 6.45) is 4.44. The number of halogens is 1. The Bertz CT molecular complexity index is 1350. The van der Waals surface area contributed by atoms with E-state index < -0.39 is 9.84 Å². The maximum absolute atomic E-state index is 11.7. The number of nitrogens with zero attached hydrogens (tertiary/aromatic N) is 3. The van der Waals surface area contributed by atoms with Gasteiger partial charge >= 0.3 is 0 Å². The Hall–Kier alpha value is -3.14. The molecule has 0 saturated carbocycles. The first-order valence-corrected chi connectivity index (χ1v) is 11.6. The molecule has 2 aromatic heterocycles. The number of sulfone groups is 1. The fourth-order valence-electron chi connectivity index (χ4n) is 3.11. The standard InChI is InChI=1S/C21H19ClN4O4S/c1-31(28,29)16-4-2-3-15(12-16)30-19-6-5-14(11-17(19)22)25-21-20-18(23-13-24-21)7-8-26(20)9-10-27/h2-8,11-13,27H,9-10H2,1H3,(H,23,24,25). The SMILES string of the molecule is CS(=O)(=O)c1cccc(Oc2ccc(Nc3ncnc4ccn(CCO)c34)cc2Cl)c1. The van der Waals surface area contributed by atoms with Gasteiger partial charge in [-0.15, -0.1) is 0 Å². The van der Waals surface area contributed by atoms with Crippen molar-refractivity contribution in [1.82, 2.24) is 14.5 Å². The maximum atomic E-state index is 11.7. The van der Waals surface area contributed by atoms with Gasteiger partial charge in [-0.25, -0.2) is 18.4 Å². The molecule has 0 aliphatic carbocycles. The molecule has 31 heavy (non-hydrogen) atoms. The second-order valence-electron chi connectivity index (χ2n) is 6.81. The van der Waals surface area contributed by atoms with Crippen LogP contribution < -0.4 is 10.1 Å².